The zero-order valence-corrected chi connectivity index (χ0v) is 11.9. The van der Waals surface area contributed by atoms with Gasteiger partial charge in [-0.3, -0.25) is 9.48 Å². The second-order valence-corrected chi connectivity index (χ2v) is 5.51. The van der Waals surface area contributed by atoms with Gasteiger partial charge in [-0.1, -0.05) is 31.2 Å². The van der Waals surface area contributed by atoms with E-state index in [4.69, 9.17) is 0 Å². The molecule has 2 aromatic rings. The van der Waals surface area contributed by atoms with Gasteiger partial charge in [-0.05, 0) is 42.9 Å². The molecule has 0 saturated heterocycles. The molecule has 0 radical (unpaired) electrons. The Morgan fingerprint density at radius 1 is 1.30 bits per heavy atom. The molecule has 0 spiro atoms. The van der Waals surface area contributed by atoms with E-state index in [9.17, 15) is 4.79 Å². The highest BCUT2D eigenvalue weighted by Gasteiger charge is 2.27. The van der Waals surface area contributed by atoms with Crippen LogP contribution in [0.1, 0.15) is 41.4 Å². The molecule has 1 atom stereocenters. The van der Waals surface area contributed by atoms with Crippen molar-refractivity contribution in [1.82, 2.24) is 9.78 Å². The largest absolute Gasteiger partial charge is 0.292 e. The van der Waals surface area contributed by atoms with E-state index in [1.807, 2.05) is 10.7 Å². The first-order valence-corrected chi connectivity index (χ1v) is 7.42. The van der Waals surface area contributed by atoms with Gasteiger partial charge in [0.15, 0.2) is 5.78 Å². The minimum Gasteiger partial charge on any atom is -0.292 e. The van der Waals surface area contributed by atoms with E-state index in [0.29, 0.717) is 0 Å². The lowest BCUT2D eigenvalue weighted by Gasteiger charge is -2.23. The molecule has 0 amide bonds. The van der Waals surface area contributed by atoms with Crippen LogP contribution in [0.15, 0.2) is 36.5 Å². The maximum absolute atomic E-state index is 12.7. The monoisotopic (exact) mass is 268 g/mol. The van der Waals surface area contributed by atoms with Crippen molar-refractivity contribution in [3.8, 4) is 0 Å². The fourth-order valence-corrected chi connectivity index (χ4v) is 3.06. The second kappa shape index (κ2) is 5.61. The number of hydrogen-bond acceptors (Lipinski definition) is 2. The summed E-state index contributed by atoms with van der Waals surface area (Å²) in [5, 5.41) is 4.26. The smallest absolute Gasteiger partial charge is 0.184 e. The average Bonchev–Trinajstić information content (AvgIpc) is 2.94. The van der Waals surface area contributed by atoms with E-state index in [1.54, 1.807) is 6.20 Å². The van der Waals surface area contributed by atoms with E-state index in [1.165, 1.54) is 11.1 Å². The second-order valence-electron chi connectivity index (χ2n) is 5.51. The molecule has 20 heavy (non-hydrogen) atoms. The van der Waals surface area contributed by atoms with Crippen LogP contribution in [-0.2, 0) is 19.4 Å². The van der Waals surface area contributed by atoms with Gasteiger partial charge in [0.05, 0.1) is 0 Å². The summed E-state index contributed by atoms with van der Waals surface area (Å²) in [5.41, 5.74) is 3.51. The zero-order chi connectivity index (χ0) is 13.9. The highest BCUT2D eigenvalue weighted by atomic mass is 16.1. The Kier molecular flexibility index (Phi) is 3.68. The summed E-state index contributed by atoms with van der Waals surface area (Å²) in [6.07, 6.45) is 5.56. The Hall–Kier alpha value is -1.90. The number of rotatable bonds is 4. The molecule has 3 rings (SSSR count). The van der Waals surface area contributed by atoms with Gasteiger partial charge in [-0.2, -0.15) is 5.10 Å². The van der Waals surface area contributed by atoms with Crippen molar-refractivity contribution in [3.63, 3.8) is 0 Å². The van der Waals surface area contributed by atoms with Crippen LogP contribution >= 0.6 is 0 Å². The summed E-state index contributed by atoms with van der Waals surface area (Å²) in [6.45, 7) is 2.92. The number of benzene rings is 1. The molecule has 1 aromatic heterocycles. The molecule has 3 nitrogen and oxygen atoms in total. The first kappa shape index (κ1) is 13.1. The quantitative estimate of drug-likeness (QED) is 0.798. The Bertz CT molecular complexity index is 615. The molecule has 3 heteroatoms. The minimum atomic E-state index is 0.109. The van der Waals surface area contributed by atoms with Crippen LogP contribution in [0.2, 0.25) is 0 Å². The molecule has 1 aliphatic rings. The lowest BCUT2D eigenvalue weighted by molar-refractivity contribution is 0.0897. The zero-order valence-electron chi connectivity index (χ0n) is 11.9. The summed E-state index contributed by atoms with van der Waals surface area (Å²) in [7, 11) is 0. The van der Waals surface area contributed by atoms with Crippen molar-refractivity contribution in [1.29, 1.82) is 0 Å². The van der Waals surface area contributed by atoms with Crippen LogP contribution in [-0.4, -0.2) is 15.6 Å². The molecule has 0 bridgehead atoms. The Morgan fingerprint density at radius 3 is 2.90 bits per heavy atom. The van der Waals surface area contributed by atoms with Crippen molar-refractivity contribution in [2.45, 2.75) is 39.2 Å². The van der Waals surface area contributed by atoms with Crippen molar-refractivity contribution in [2.24, 2.45) is 5.92 Å². The van der Waals surface area contributed by atoms with Crippen molar-refractivity contribution >= 4 is 5.78 Å². The van der Waals surface area contributed by atoms with Crippen LogP contribution in [0, 0.1) is 5.92 Å². The number of fused-ring (bicyclic) bond motifs is 1. The van der Waals surface area contributed by atoms with Crippen molar-refractivity contribution in [3.05, 3.63) is 53.3 Å². The van der Waals surface area contributed by atoms with Gasteiger partial charge in [0, 0.05) is 18.7 Å². The minimum absolute atomic E-state index is 0.109. The SMILES string of the molecule is CCCn1nccc1C(=O)C1CCc2ccccc2C1. The molecular formula is C17H20N2O. The van der Waals surface area contributed by atoms with Gasteiger partial charge in [0.2, 0.25) is 0 Å². The third-order valence-corrected chi connectivity index (χ3v) is 4.12. The Morgan fingerprint density at radius 2 is 2.10 bits per heavy atom. The van der Waals surface area contributed by atoms with Gasteiger partial charge in [0.25, 0.3) is 0 Å². The van der Waals surface area contributed by atoms with Crippen molar-refractivity contribution in [2.75, 3.05) is 0 Å². The van der Waals surface area contributed by atoms with Gasteiger partial charge in [-0.25, -0.2) is 0 Å². The van der Waals surface area contributed by atoms with Gasteiger partial charge >= 0.3 is 0 Å². The van der Waals surface area contributed by atoms with E-state index >= 15 is 0 Å². The lowest BCUT2D eigenvalue weighted by atomic mass is 9.81. The Labute approximate surface area is 119 Å². The fourth-order valence-electron chi connectivity index (χ4n) is 3.06. The number of nitrogens with zero attached hydrogens (tertiary/aromatic N) is 2. The highest BCUT2D eigenvalue weighted by Crippen LogP contribution is 2.27. The van der Waals surface area contributed by atoms with E-state index in [0.717, 1.165) is 37.9 Å². The highest BCUT2D eigenvalue weighted by molar-refractivity contribution is 5.96. The van der Waals surface area contributed by atoms with E-state index in [2.05, 4.69) is 36.3 Å². The van der Waals surface area contributed by atoms with Gasteiger partial charge in [0.1, 0.15) is 5.69 Å². The lowest BCUT2D eigenvalue weighted by Crippen LogP contribution is -2.25. The molecular weight excluding hydrogens is 248 g/mol. The maximum Gasteiger partial charge on any atom is 0.184 e. The predicted molar refractivity (Wildman–Crippen MR) is 78.8 cm³/mol. The van der Waals surface area contributed by atoms with Crippen molar-refractivity contribution < 1.29 is 4.79 Å². The summed E-state index contributed by atoms with van der Waals surface area (Å²) in [4.78, 5) is 12.7. The molecule has 1 aromatic carbocycles. The van der Waals surface area contributed by atoms with Gasteiger partial charge < -0.3 is 0 Å². The fraction of sp³-hybridized carbons (Fsp3) is 0.412. The third-order valence-electron chi connectivity index (χ3n) is 4.12. The molecule has 0 saturated carbocycles. The number of Topliss-reactive ketones (excluding diaryl/α,β-unsaturated/α-hetero) is 1. The Balaban J connectivity index is 1.80. The number of aromatic nitrogens is 2. The van der Waals surface area contributed by atoms with Crippen LogP contribution in [0.3, 0.4) is 0 Å². The number of ketones is 1. The molecule has 0 aliphatic heterocycles. The normalized spacial score (nSPS) is 17.8. The first-order chi connectivity index (χ1) is 9.79. The topological polar surface area (TPSA) is 34.9 Å². The molecule has 1 heterocycles. The standard InChI is InChI=1S/C17H20N2O/c1-2-11-19-16(9-10-18-19)17(20)15-8-7-13-5-3-4-6-14(13)12-15/h3-6,9-10,15H,2,7-8,11-12H2,1H3. The molecule has 1 aliphatic carbocycles. The van der Waals surface area contributed by atoms with Crippen LogP contribution in [0.25, 0.3) is 0 Å². The summed E-state index contributed by atoms with van der Waals surface area (Å²) >= 11 is 0. The molecule has 104 valence electrons. The molecule has 1 unspecified atom stereocenters. The van der Waals surface area contributed by atoms with Crippen LogP contribution in [0.4, 0.5) is 0 Å². The first-order valence-electron chi connectivity index (χ1n) is 7.42. The molecule has 0 fully saturated rings. The predicted octanol–water partition coefficient (Wildman–Crippen LogP) is 3.28. The summed E-state index contributed by atoms with van der Waals surface area (Å²) < 4.78 is 1.85. The number of aryl methyl sites for hydroxylation is 2. The van der Waals surface area contributed by atoms with E-state index < -0.39 is 0 Å². The molecule has 0 N–H and O–H groups in total. The summed E-state index contributed by atoms with van der Waals surface area (Å²) in [6, 6.07) is 10.3. The van der Waals surface area contributed by atoms with Gasteiger partial charge in [-0.15, -0.1) is 0 Å². The third kappa shape index (κ3) is 2.40. The van der Waals surface area contributed by atoms with Crippen LogP contribution in [0.5, 0.6) is 0 Å². The maximum atomic E-state index is 12.7. The number of carbonyl (C=O) groups excluding carboxylic acids is 1. The number of carbonyl (C=O) groups is 1. The summed E-state index contributed by atoms with van der Waals surface area (Å²) in [5.74, 6) is 0.364. The average molecular weight is 268 g/mol. The van der Waals surface area contributed by atoms with E-state index in [-0.39, 0.29) is 11.7 Å². The van der Waals surface area contributed by atoms with Crippen LogP contribution < -0.4 is 0 Å². The number of hydrogen-bond donors (Lipinski definition) is 0.